The Morgan fingerprint density at radius 3 is 2.28 bits per heavy atom. The number of nitrogens with one attached hydrogen (secondary N) is 1. The lowest BCUT2D eigenvalue weighted by Crippen LogP contribution is -2.38. The number of rotatable bonds is 6. The SMILES string of the molecule is CCC(C)C(C)NC(=O)CC1CCC(CN)CC1. The molecule has 1 saturated carbocycles. The third-order valence-electron chi connectivity index (χ3n) is 4.66. The first kappa shape index (κ1) is 15.5. The average Bonchev–Trinajstić information content (AvgIpc) is 2.38. The van der Waals surface area contributed by atoms with Gasteiger partial charge in [0.05, 0.1) is 0 Å². The summed E-state index contributed by atoms with van der Waals surface area (Å²) in [6, 6.07) is 0.294. The quantitative estimate of drug-likeness (QED) is 0.765. The second-order valence-electron chi connectivity index (χ2n) is 6.07. The second-order valence-corrected chi connectivity index (χ2v) is 6.07. The zero-order valence-corrected chi connectivity index (χ0v) is 12.2. The molecule has 2 unspecified atom stereocenters. The van der Waals surface area contributed by atoms with E-state index in [0.717, 1.165) is 13.0 Å². The number of nitrogens with two attached hydrogens (primary N) is 1. The molecule has 1 aliphatic carbocycles. The maximum atomic E-state index is 12.0. The van der Waals surface area contributed by atoms with E-state index in [1.807, 2.05) is 0 Å². The van der Waals surface area contributed by atoms with E-state index in [1.54, 1.807) is 0 Å². The molecule has 1 amide bonds. The maximum absolute atomic E-state index is 12.0. The van der Waals surface area contributed by atoms with Crippen molar-refractivity contribution in [1.82, 2.24) is 5.32 Å². The molecule has 3 heteroatoms. The Morgan fingerprint density at radius 1 is 1.22 bits per heavy atom. The zero-order chi connectivity index (χ0) is 13.5. The van der Waals surface area contributed by atoms with Crippen LogP contribution in [-0.2, 0) is 4.79 Å². The number of hydrogen-bond acceptors (Lipinski definition) is 2. The van der Waals surface area contributed by atoms with Gasteiger partial charge in [-0.3, -0.25) is 4.79 Å². The first-order valence-electron chi connectivity index (χ1n) is 7.56. The van der Waals surface area contributed by atoms with Crippen molar-refractivity contribution in [2.24, 2.45) is 23.5 Å². The van der Waals surface area contributed by atoms with E-state index >= 15 is 0 Å². The lowest BCUT2D eigenvalue weighted by Gasteiger charge is -2.28. The van der Waals surface area contributed by atoms with Gasteiger partial charge in [0.2, 0.25) is 5.91 Å². The highest BCUT2D eigenvalue weighted by Crippen LogP contribution is 2.30. The van der Waals surface area contributed by atoms with Crippen LogP contribution in [0.5, 0.6) is 0 Å². The fraction of sp³-hybridized carbons (Fsp3) is 0.933. The molecule has 1 aliphatic rings. The molecule has 18 heavy (non-hydrogen) atoms. The van der Waals surface area contributed by atoms with Crippen LogP contribution in [-0.4, -0.2) is 18.5 Å². The molecule has 1 rings (SSSR count). The Hall–Kier alpha value is -0.570. The van der Waals surface area contributed by atoms with Gasteiger partial charge in [-0.25, -0.2) is 0 Å². The van der Waals surface area contributed by atoms with Crippen LogP contribution in [0.15, 0.2) is 0 Å². The summed E-state index contributed by atoms with van der Waals surface area (Å²) < 4.78 is 0. The van der Waals surface area contributed by atoms with Crippen LogP contribution in [0, 0.1) is 17.8 Å². The summed E-state index contributed by atoms with van der Waals surface area (Å²) in [4.78, 5) is 12.0. The van der Waals surface area contributed by atoms with Crippen molar-refractivity contribution in [3.05, 3.63) is 0 Å². The van der Waals surface area contributed by atoms with Crippen molar-refractivity contribution >= 4 is 5.91 Å². The van der Waals surface area contributed by atoms with Crippen LogP contribution in [0.3, 0.4) is 0 Å². The van der Waals surface area contributed by atoms with Crippen LogP contribution < -0.4 is 11.1 Å². The molecule has 3 nitrogen and oxygen atoms in total. The molecule has 2 atom stereocenters. The lowest BCUT2D eigenvalue weighted by molar-refractivity contribution is -0.123. The molecular weight excluding hydrogens is 224 g/mol. The van der Waals surface area contributed by atoms with Crippen molar-refractivity contribution in [2.75, 3.05) is 6.54 Å². The molecule has 0 aromatic rings. The first-order valence-corrected chi connectivity index (χ1v) is 7.56. The fourth-order valence-electron chi connectivity index (χ4n) is 2.74. The van der Waals surface area contributed by atoms with Crippen LogP contribution in [0.2, 0.25) is 0 Å². The largest absolute Gasteiger partial charge is 0.353 e. The Morgan fingerprint density at radius 2 is 1.78 bits per heavy atom. The van der Waals surface area contributed by atoms with Crippen LogP contribution in [0.25, 0.3) is 0 Å². The van der Waals surface area contributed by atoms with Crippen molar-refractivity contribution < 1.29 is 4.79 Å². The van der Waals surface area contributed by atoms with Crippen molar-refractivity contribution in [1.29, 1.82) is 0 Å². The van der Waals surface area contributed by atoms with Gasteiger partial charge in [0.15, 0.2) is 0 Å². The molecule has 0 spiro atoms. The van der Waals surface area contributed by atoms with E-state index in [2.05, 4.69) is 26.1 Å². The molecule has 106 valence electrons. The number of carbonyl (C=O) groups excluding carboxylic acids is 1. The third-order valence-corrected chi connectivity index (χ3v) is 4.66. The van der Waals surface area contributed by atoms with Gasteiger partial charge >= 0.3 is 0 Å². The summed E-state index contributed by atoms with van der Waals surface area (Å²) >= 11 is 0. The smallest absolute Gasteiger partial charge is 0.220 e. The van der Waals surface area contributed by atoms with Crippen molar-refractivity contribution in [3.63, 3.8) is 0 Å². The minimum Gasteiger partial charge on any atom is -0.353 e. The van der Waals surface area contributed by atoms with E-state index in [-0.39, 0.29) is 5.91 Å². The van der Waals surface area contributed by atoms with Gasteiger partial charge in [-0.05, 0) is 56.9 Å². The van der Waals surface area contributed by atoms with Gasteiger partial charge in [-0.1, -0.05) is 20.3 Å². The molecule has 0 radical (unpaired) electrons. The summed E-state index contributed by atoms with van der Waals surface area (Å²) in [5.41, 5.74) is 5.69. The Balaban J connectivity index is 2.24. The monoisotopic (exact) mass is 254 g/mol. The molecule has 0 aliphatic heterocycles. The van der Waals surface area contributed by atoms with Gasteiger partial charge in [-0.15, -0.1) is 0 Å². The van der Waals surface area contributed by atoms with E-state index in [4.69, 9.17) is 5.73 Å². The minimum atomic E-state index is 0.235. The second kappa shape index (κ2) is 7.78. The Labute approximate surface area is 112 Å². The van der Waals surface area contributed by atoms with E-state index < -0.39 is 0 Å². The lowest BCUT2D eigenvalue weighted by atomic mass is 9.80. The van der Waals surface area contributed by atoms with E-state index in [1.165, 1.54) is 25.7 Å². The molecule has 0 aromatic heterocycles. The highest BCUT2D eigenvalue weighted by Gasteiger charge is 2.23. The highest BCUT2D eigenvalue weighted by molar-refractivity contribution is 5.76. The van der Waals surface area contributed by atoms with Gasteiger partial charge in [0.1, 0.15) is 0 Å². The normalized spacial score (nSPS) is 27.6. The summed E-state index contributed by atoms with van der Waals surface area (Å²) in [5.74, 6) is 2.07. The molecule has 0 bridgehead atoms. The summed E-state index contributed by atoms with van der Waals surface area (Å²) in [7, 11) is 0. The summed E-state index contributed by atoms with van der Waals surface area (Å²) in [6.45, 7) is 7.28. The average molecular weight is 254 g/mol. The van der Waals surface area contributed by atoms with Gasteiger partial charge in [0.25, 0.3) is 0 Å². The number of amides is 1. The van der Waals surface area contributed by atoms with E-state index in [0.29, 0.717) is 30.2 Å². The summed E-state index contributed by atoms with van der Waals surface area (Å²) in [6.07, 6.45) is 6.58. The van der Waals surface area contributed by atoms with Crippen LogP contribution >= 0.6 is 0 Å². The molecule has 1 fully saturated rings. The number of hydrogen-bond donors (Lipinski definition) is 2. The molecule has 0 heterocycles. The van der Waals surface area contributed by atoms with Gasteiger partial charge in [-0.2, -0.15) is 0 Å². The van der Waals surface area contributed by atoms with Crippen LogP contribution in [0.4, 0.5) is 0 Å². The predicted octanol–water partition coefficient (Wildman–Crippen LogP) is 2.69. The fourth-order valence-corrected chi connectivity index (χ4v) is 2.74. The molecule has 3 N–H and O–H groups in total. The van der Waals surface area contributed by atoms with Gasteiger partial charge < -0.3 is 11.1 Å². The molecular formula is C15H30N2O. The maximum Gasteiger partial charge on any atom is 0.220 e. The number of carbonyl (C=O) groups is 1. The topological polar surface area (TPSA) is 55.1 Å². The standard InChI is InChI=1S/C15H30N2O/c1-4-11(2)12(3)17-15(18)9-13-5-7-14(10-16)8-6-13/h11-14H,4-10,16H2,1-3H3,(H,17,18). The van der Waals surface area contributed by atoms with E-state index in [9.17, 15) is 4.79 Å². The van der Waals surface area contributed by atoms with Gasteiger partial charge in [0, 0.05) is 12.5 Å². The van der Waals surface area contributed by atoms with Crippen molar-refractivity contribution in [3.8, 4) is 0 Å². The minimum absolute atomic E-state index is 0.235. The highest BCUT2D eigenvalue weighted by atomic mass is 16.1. The predicted molar refractivity (Wildman–Crippen MR) is 76.2 cm³/mol. The Bertz CT molecular complexity index is 247. The first-order chi connectivity index (χ1) is 8.56. The van der Waals surface area contributed by atoms with Crippen molar-refractivity contribution in [2.45, 2.75) is 65.3 Å². The summed E-state index contributed by atoms with van der Waals surface area (Å²) in [5, 5.41) is 3.14. The Kier molecular flexibility index (Phi) is 6.69. The third kappa shape index (κ3) is 4.97. The van der Waals surface area contributed by atoms with Crippen LogP contribution in [0.1, 0.15) is 59.3 Å². The molecule has 0 saturated heterocycles. The zero-order valence-electron chi connectivity index (χ0n) is 12.2. The molecule has 0 aromatic carbocycles.